The van der Waals surface area contributed by atoms with Crippen LogP contribution in [-0.4, -0.2) is 31.8 Å². The second-order valence-electron chi connectivity index (χ2n) is 6.88. The van der Waals surface area contributed by atoms with Crippen LogP contribution < -0.4 is 19.6 Å². The Morgan fingerprint density at radius 2 is 1.79 bits per heavy atom. The molecule has 0 radical (unpaired) electrons. The van der Waals surface area contributed by atoms with E-state index in [9.17, 15) is 9.59 Å². The van der Waals surface area contributed by atoms with E-state index in [1.807, 2.05) is 13.0 Å². The molecule has 3 aromatic rings. The van der Waals surface area contributed by atoms with Gasteiger partial charge in [0.15, 0.2) is 11.5 Å². The summed E-state index contributed by atoms with van der Waals surface area (Å²) in [5.74, 6) is 0.466. The first-order valence-electron chi connectivity index (χ1n) is 10.2. The van der Waals surface area contributed by atoms with E-state index in [0.29, 0.717) is 34.8 Å². The van der Waals surface area contributed by atoms with Gasteiger partial charge in [-0.05, 0) is 72.6 Å². The molecule has 0 unspecified atom stereocenters. The van der Waals surface area contributed by atoms with Crippen LogP contribution in [0.4, 0.5) is 0 Å². The number of esters is 1. The van der Waals surface area contributed by atoms with Crippen molar-refractivity contribution < 1.29 is 23.8 Å². The third-order valence-electron chi connectivity index (χ3n) is 4.42. The van der Waals surface area contributed by atoms with E-state index in [-0.39, 0.29) is 11.7 Å². The highest BCUT2D eigenvalue weighted by atomic mass is 79.9. The number of rotatable bonds is 9. The molecule has 0 saturated heterocycles. The predicted octanol–water partition coefficient (Wildman–Crippen LogP) is 5.23. The molecule has 7 nitrogen and oxygen atoms in total. The molecule has 0 aromatic heterocycles. The second-order valence-corrected chi connectivity index (χ2v) is 7.80. The number of carbonyl (C=O) groups is 2. The first-order chi connectivity index (χ1) is 16.0. The fourth-order valence-electron chi connectivity index (χ4n) is 2.77. The van der Waals surface area contributed by atoms with Gasteiger partial charge in [0.2, 0.25) is 0 Å². The standard InChI is InChI=1S/C25H23BrN2O5/c1-3-13-32-21-10-8-18(9-11-21)25(30)33-22-12-7-17(14-23(22)31-2)16-27-28-24(29)19-5-4-6-20(26)15-19/h4-12,14-16H,3,13H2,1-2H3,(H,28,29)/b27-16+. The summed E-state index contributed by atoms with van der Waals surface area (Å²) in [5.41, 5.74) is 3.99. The lowest BCUT2D eigenvalue weighted by Gasteiger charge is -2.10. The molecule has 8 heteroatoms. The average Bonchev–Trinajstić information content (AvgIpc) is 2.83. The number of nitrogens with zero attached hydrogens (tertiary/aromatic N) is 1. The summed E-state index contributed by atoms with van der Waals surface area (Å²) >= 11 is 3.33. The van der Waals surface area contributed by atoms with Crippen molar-refractivity contribution in [2.75, 3.05) is 13.7 Å². The maximum absolute atomic E-state index is 12.5. The molecule has 170 valence electrons. The molecule has 0 aliphatic carbocycles. The lowest BCUT2D eigenvalue weighted by molar-refractivity contribution is 0.0729. The van der Waals surface area contributed by atoms with Gasteiger partial charge in [-0.25, -0.2) is 10.2 Å². The Morgan fingerprint density at radius 1 is 1.00 bits per heavy atom. The molecular formula is C25H23BrN2O5. The van der Waals surface area contributed by atoms with E-state index in [4.69, 9.17) is 14.2 Å². The summed E-state index contributed by atoms with van der Waals surface area (Å²) in [6, 6.07) is 18.7. The number of ether oxygens (including phenoxy) is 3. The minimum atomic E-state index is -0.516. The molecule has 0 heterocycles. The van der Waals surface area contributed by atoms with Crippen LogP contribution in [0.5, 0.6) is 17.2 Å². The van der Waals surface area contributed by atoms with Crippen molar-refractivity contribution in [2.24, 2.45) is 5.10 Å². The normalized spacial score (nSPS) is 10.6. The first-order valence-corrected chi connectivity index (χ1v) is 11.0. The Balaban J connectivity index is 1.63. The smallest absolute Gasteiger partial charge is 0.343 e. The van der Waals surface area contributed by atoms with Crippen LogP contribution >= 0.6 is 15.9 Å². The van der Waals surface area contributed by atoms with Crippen LogP contribution in [0.25, 0.3) is 0 Å². The maximum atomic E-state index is 12.5. The lowest BCUT2D eigenvalue weighted by Crippen LogP contribution is -2.17. The Morgan fingerprint density at radius 3 is 2.48 bits per heavy atom. The number of carbonyl (C=O) groups excluding carboxylic acids is 2. The van der Waals surface area contributed by atoms with Crippen molar-refractivity contribution in [3.8, 4) is 17.2 Å². The molecule has 0 spiro atoms. The second kappa shape index (κ2) is 11.8. The van der Waals surface area contributed by atoms with E-state index in [0.717, 1.165) is 10.9 Å². The number of benzene rings is 3. The number of hydrazone groups is 1. The van der Waals surface area contributed by atoms with E-state index < -0.39 is 5.97 Å². The van der Waals surface area contributed by atoms with E-state index in [1.54, 1.807) is 60.7 Å². The fourth-order valence-corrected chi connectivity index (χ4v) is 3.17. The molecule has 0 fully saturated rings. The quantitative estimate of drug-likeness (QED) is 0.184. The molecule has 0 aliphatic rings. The summed E-state index contributed by atoms with van der Waals surface area (Å²) in [7, 11) is 1.47. The van der Waals surface area contributed by atoms with Gasteiger partial charge in [-0.15, -0.1) is 0 Å². The van der Waals surface area contributed by atoms with Crippen molar-refractivity contribution in [3.05, 3.63) is 87.9 Å². The van der Waals surface area contributed by atoms with Gasteiger partial charge in [-0.1, -0.05) is 28.9 Å². The van der Waals surface area contributed by atoms with Gasteiger partial charge in [0.1, 0.15) is 5.75 Å². The molecule has 0 saturated carbocycles. The van der Waals surface area contributed by atoms with E-state index in [2.05, 4.69) is 26.5 Å². The van der Waals surface area contributed by atoms with Crippen molar-refractivity contribution in [2.45, 2.75) is 13.3 Å². The van der Waals surface area contributed by atoms with E-state index >= 15 is 0 Å². The monoisotopic (exact) mass is 510 g/mol. The third-order valence-corrected chi connectivity index (χ3v) is 4.91. The summed E-state index contributed by atoms with van der Waals surface area (Å²) in [6.45, 7) is 2.64. The Hall–Kier alpha value is -3.65. The zero-order chi connectivity index (χ0) is 23.6. The summed E-state index contributed by atoms with van der Waals surface area (Å²) < 4.78 is 17.2. The zero-order valence-corrected chi connectivity index (χ0v) is 19.8. The van der Waals surface area contributed by atoms with Crippen LogP contribution in [0.2, 0.25) is 0 Å². The Labute approximate surface area is 200 Å². The van der Waals surface area contributed by atoms with Gasteiger partial charge in [0.05, 0.1) is 25.5 Å². The van der Waals surface area contributed by atoms with E-state index in [1.165, 1.54) is 13.3 Å². The van der Waals surface area contributed by atoms with Gasteiger partial charge >= 0.3 is 5.97 Å². The number of nitrogens with one attached hydrogen (secondary N) is 1. The molecule has 0 atom stereocenters. The third kappa shape index (κ3) is 6.92. The molecule has 0 aliphatic heterocycles. The molecule has 1 N–H and O–H groups in total. The molecule has 33 heavy (non-hydrogen) atoms. The highest BCUT2D eigenvalue weighted by Gasteiger charge is 2.13. The number of halogens is 1. The summed E-state index contributed by atoms with van der Waals surface area (Å²) in [5, 5.41) is 3.98. The summed E-state index contributed by atoms with van der Waals surface area (Å²) in [4.78, 5) is 24.7. The van der Waals surface area contributed by atoms with Gasteiger partial charge in [-0.3, -0.25) is 4.79 Å². The topological polar surface area (TPSA) is 86.2 Å². The molecule has 1 amide bonds. The number of hydrogen-bond acceptors (Lipinski definition) is 6. The number of hydrogen-bond donors (Lipinski definition) is 1. The Bertz CT molecular complexity index is 1150. The molecule has 0 bridgehead atoms. The maximum Gasteiger partial charge on any atom is 0.343 e. The van der Waals surface area contributed by atoms with Crippen molar-refractivity contribution >= 4 is 34.0 Å². The minimum Gasteiger partial charge on any atom is -0.494 e. The molecule has 3 aromatic carbocycles. The Kier molecular flexibility index (Phi) is 8.60. The van der Waals surface area contributed by atoms with Gasteiger partial charge < -0.3 is 14.2 Å². The molecular weight excluding hydrogens is 488 g/mol. The predicted molar refractivity (Wildman–Crippen MR) is 129 cm³/mol. The van der Waals surface area contributed by atoms with Crippen LogP contribution in [-0.2, 0) is 0 Å². The minimum absolute atomic E-state index is 0.268. The fraction of sp³-hybridized carbons (Fsp3) is 0.160. The highest BCUT2D eigenvalue weighted by molar-refractivity contribution is 9.10. The first kappa shape index (κ1) is 24.0. The highest BCUT2D eigenvalue weighted by Crippen LogP contribution is 2.28. The van der Waals surface area contributed by atoms with Gasteiger partial charge in [0.25, 0.3) is 5.91 Å². The van der Waals surface area contributed by atoms with Crippen molar-refractivity contribution in [1.82, 2.24) is 5.43 Å². The van der Waals surface area contributed by atoms with Crippen LogP contribution in [0.1, 0.15) is 39.6 Å². The SMILES string of the molecule is CCCOc1ccc(C(=O)Oc2ccc(/C=N/NC(=O)c3cccc(Br)c3)cc2OC)cc1. The van der Waals surface area contributed by atoms with Crippen LogP contribution in [0.3, 0.4) is 0 Å². The van der Waals surface area contributed by atoms with Crippen LogP contribution in [0, 0.1) is 0 Å². The zero-order valence-electron chi connectivity index (χ0n) is 18.2. The van der Waals surface area contributed by atoms with Crippen molar-refractivity contribution in [3.63, 3.8) is 0 Å². The van der Waals surface area contributed by atoms with Gasteiger partial charge in [0, 0.05) is 10.0 Å². The number of amides is 1. The lowest BCUT2D eigenvalue weighted by atomic mass is 10.2. The average molecular weight is 511 g/mol. The largest absolute Gasteiger partial charge is 0.494 e. The van der Waals surface area contributed by atoms with Crippen molar-refractivity contribution in [1.29, 1.82) is 0 Å². The number of methoxy groups -OCH3 is 1. The molecule has 3 rings (SSSR count). The van der Waals surface area contributed by atoms with Crippen LogP contribution in [0.15, 0.2) is 76.3 Å². The van der Waals surface area contributed by atoms with Gasteiger partial charge in [-0.2, -0.15) is 5.10 Å². The summed E-state index contributed by atoms with van der Waals surface area (Å²) in [6.07, 6.45) is 2.38.